The Hall–Kier alpha value is -6.38. The van der Waals surface area contributed by atoms with Crippen LogP contribution in [0.5, 0.6) is 0 Å². The number of para-hydroxylation sites is 2. The van der Waals surface area contributed by atoms with Gasteiger partial charge in [-0.3, -0.25) is 0 Å². The van der Waals surface area contributed by atoms with E-state index < -0.39 is 24.2 Å². The Morgan fingerprint density at radius 3 is 1.65 bits per heavy atom. The number of hydrogen-bond donors (Lipinski definition) is 0. The third-order valence-electron chi connectivity index (χ3n) is 8.62. The van der Waals surface area contributed by atoms with Crippen LogP contribution in [0.4, 0.5) is 17.1 Å². The summed E-state index contributed by atoms with van der Waals surface area (Å²) in [6.45, 7) is 0. The maximum absolute atomic E-state index is 9.49. The molecule has 1 heterocycles. The lowest BCUT2D eigenvalue weighted by atomic mass is 9.94. The van der Waals surface area contributed by atoms with Crippen LogP contribution in [0.1, 0.15) is 11.0 Å². The van der Waals surface area contributed by atoms with E-state index in [0.29, 0.717) is 28.0 Å². The number of anilines is 3. The van der Waals surface area contributed by atoms with E-state index in [-0.39, 0.29) is 46.7 Å². The quantitative estimate of drug-likeness (QED) is 0.184. The molecule has 1 aromatic heterocycles. The SMILES string of the molecule is [2H]c1c([2H])c(N(c2ccccc2-c2cccc3ccc4c5ccccc5oc4c23)c2c([2H])c([2H])c(-c3ccccc3)c([2H])c2[2H])c([2H])c([2H])c1-c1ccccc1. The first-order valence-electron chi connectivity index (χ1n) is 19.7. The summed E-state index contributed by atoms with van der Waals surface area (Å²) in [6, 6.07) is 39.6. The number of hydrogen-bond acceptors (Lipinski definition) is 2. The first kappa shape index (κ1) is 20.7. The highest BCUT2D eigenvalue weighted by molar-refractivity contribution is 6.19. The van der Waals surface area contributed by atoms with Gasteiger partial charge in [-0.1, -0.05) is 145 Å². The van der Waals surface area contributed by atoms with E-state index in [1.165, 1.54) is 4.90 Å². The molecule has 0 radical (unpaired) electrons. The van der Waals surface area contributed by atoms with Gasteiger partial charge in [0.25, 0.3) is 0 Å². The Kier molecular flexibility index (Phi) is 5.07. The average Bonchev–Trinajstić information content (AvgIpc) is 3.62. The van der Waals surface area contributed by atoms with Crippen LogP contribution in [0.15, 0.2) is 192 Å². The van der Waals surface area contributed by atoms with Crippen LogP contribution in [0.25, 0.3) is 66.1 Å². The smallest absolute Gasteiger partial charge is 0.143 e. The summed E-state index contributed by atoms with van der Waals surface area (Å²) in [4.78, 5) is 1.37. The van der Waals surface area contributed by atoms with Crippen molar-refractivity contribution in [1.82, 2.24) is 0 Å². The second-order valence-corrected chi connectivity index (χ2v) is 11.5. The minimum absolute atomic E-state index is 0.109. The fourth-order valence-corrected chi connectivity index (χ4v) is 6.36. The molecule has 2 nitrogen and oxygen atoms in total. The third kappa shape index (κ3) is 4.83. The molecule has 0 aliphatic rings. The van der Waals surface area contributed by atoms with Crippen molar-refractivity contribution in [3.05, 3.63) is 188 Å². The van der Waals surface area contributed by atoms with Gasteiger partial charge in [0.15, 0.2) is 0 Å². The number of rotatable bonds is 6. The Balaban J connectivity index is 1.39. The molecule has 0 aliphatic heterocycles. The summed E-state index contributed by atoms with van der Waals surface area (Å²) >= 11 is 0. The number of furan rings is 1. The molecular formula is C46H31NO. The summed E-state index contributed by atoms with van der Waals surface area (Å²) < 4.78 is 81.4. The second kappa shape index (κ2) is 11.8. The fraction of sp³-hybridized carbons (Fsp3) is 0. The molecule has 8 aromatic carbocycles. The van der Waals surface area contributed by atoms with Gasteiger partial charge in [-0.15, -0.1) is 0 Å². The van der Waals surface area contributed by atoms with Gasteiger partial charge in [0.2, 0.25) is 0 Å². The van der Waals surface area contributed by atoms with Gasteiger partial charge in [0, 0.05) is 33.1 Å². The topological polar surface area (TPSA) is 16.4 Å². The molecule has 0 bridgehead atoms. The minimum Gasteiger partial charge on any atom is -0.455 e. The van der Waals surface area contributed by atoms with Crippen LogP contribution < -0.4 is 4.90 Å². The van der Waals surface area contributed by atoms with E-state index in [4.69, 9.17) is 4.42 Å². The Bertz CT molecular complexity index is 2850. The summed E-state index contributed by atoms with van der Waals surface area (Å²) in [5.74, 6) is 0. The molecule has 2 heteroatoms. The zero-order valence-electron chi connectivity index (χ0n) is 33.6. The van der Waals surface area contributed by atoms with Gasteiger partial charge in [-0.05, 0) is 75.6 Å². The van der Waals surface area contributed by atoms with Gasteiger partial charge in [0.1, 0.15) is 11.2 Å². The zero-order chi connectivity index (χ0) is 38.8. The highest BCUT2D eigenvalue weighted by atomic mass is 16.3. The van der Waals surface area contributed by atoms with Gasteiger partial charge in [-0.25, -0.2) is 0 Å². The van der Waals surface area contributed by atoms with E-state index in [0.717, 1.165) is 32.7 Å². The summed E-state index contributed by atoms with van der Waals surface area (Å²) in [6.07, 6.45) is 0. The van der Waals surface area contributed by atoms with Crippen LogP contribution in [0, 0.1) is 0 Å². The predicted molar refractivity (Wildman–Crippen MR) is 202 cm³/mol. The number of nitrogens with zero attached hydrogens (tertiary/aromatic N) is 1. The van der Waals surface area contributed by atoms with Crippen LogP contribution in [0.2, 0.25) is 0 Å². The van der Waals surface area contributed by atoms with E-state index >= 15 is 0 Å². The van der Waals surface area contributed by atoms with Gasteiger partial charge in [0.05, 0.1) is 16.7 Å². The second-order valence-electron chi connectivity index (χ2n) is 11.5. The van der Waals surface area contributed by atoms with Crippen LogP contribution >= 0.6 is 0 Å². The maximum atomic E-state index is 9.49. The minimum atomic E-state index is -0.402. The Morgan fingerprint density at radius 1 is 0.417 bits per heavy atom. The largest absolute Gasteiger partial charge is 0.455 e. The maximum Gasteiger partial charge on any atom is 0.143 e. The van der Waals surface area contributed by atoms with E-state index in [9.17, 15) is 11.0 Å². The van der Waals surface area contributed by atoms with E-state index in [2.05, 4.69) is 0 Å². The van der Waals surface area contributed by atoms with Crippen molar-refractivity contribution in [3.63, 3.8) is 0 Å². The van der Waals surface area contributed by atoms with Gasteiger partial charge in [-0.2, -0.15) is 0 Å². The average molecular weight is 622 g/mol. The molecule has 226 valence electrons. The molecule has 0 saturated carbocycles. The van der Waals surface area contributed by atoms with E-state index in [1.807, 2.05) is 66.7 Å². The first-order valence-corrected chi connectivity index (χ1v) is 15.7. The van der Waals surface area contributed by atoms with Crippen molar-refractivity contribution in [3.8, 4) is 33.4 Å². The fourth-order valence-electron chi connectivity index (χ4n) is 6.36. The molecule has 9 rings (SSSR count). The lowest BCUT2D eigenvalue weighted by molar-refractivity contribution is 0.673. The zero-order valence-corrected chi connectivity index (χ0v) is 25.6. The molecule has 0 saturated heterocycles. The van der Waals surface area contributed by atoms with Crippen molar-refractivity contribution >= 4 is 49.8 Å². The molecule has 0 atom stereocenters. The van der Waals surface area contributed by atoms with Gasteiger partial charge >= 0.3 is 0 Å². The molecular weight excluding hydrogens is 583 g/mol. The molecule has 0 unspecified atom stereocenters. The van der Waals surface area contributed by atoms with Crippen LogP contribution in [-0.2, 0) is 0 Å². The van der Waals surface area contributed by atoms with Crippen molar-refractivity contribution in [1.29, 1.82) is 0 Å². The number of benzene rings is 8. The molecule has 48 heavy (non-hydrogen) atoms. The standard InChI is InChI=1S/C46H31NO/c1-3-12-32(13-4-1)34-22-27-37(28-23-34)47(38-29-24-35(25-30-38)33-14-5-2-6-15-33)43-20-9-7-17-39(43)41-19-11-16-36-26-31-42-40-18-8-10-21-44(40)48-46(42)45(36)41/h1-31H/i22D,23D,24D,25D,27D,28D,29D,30D. The van der Waals surface area contributed by atoms with Crippen molar-refractivity contribution in [2.24, 2.45) is 0 Å². The Morgan fingerprint density at radius 2 is 0.979 bits per heavy atom. The predicted octanol–water partition coefficient (Wildman–Crippen LogP) is 13.2. The molecule has 0 fully saturated rings. The van der Waals surface area contributed by atoms with E-state index in [1.54, 1.807) is 72.8 Å². The molecule has 0 spiro atoms. The van der Waals surface area contributed by atoms with Crippen molar-refractivity contribution < 1.29 is 15.4 Å². The normalized spacial score (nSPS) is 13.7. The van der Waals surface area contributed by atoms with Crippen molar-refractivity contribution in [2.75, 3.05) is 4.90 Å². The highest BCUT2D eigenvalue weighted by Gasteiger charge is 2.20. The molecule has 0 aliphatic carbocycles. The van der Waals surface area contributed by atoms with Crippen LogP contribution in [-0.4, -0.2) is 0 Å². The lowest BCUT2D eigenvalue weighted by Crippen LogP contribution is -2.11. The van der Waals surface area contributed by atoms with Crippen molar-refractivity contribution in [2.45, 2.75) is 0 Å². The summed E-state index contributed by atoms with van der Waals surface area (Å²) in [5, 5.41) is 3.57. The number of fused-ring (bicyclic) bond motifs is 5. The lowest BCUT2D eigenvalue weighted by Gasteiger charge is -2.28. The first-order chi connectivity index (χ1) is 27.2. The van der Waals surface area contributed by atoms with Gasteiger partial charge < -0.3 is 9.32 Å². The monoisotopic (exact) mass is 621 g/mol. The van der Waals surface area contributed by atoms with Crippen LogP contribution in [0.3, 0.4) is 0 Å². The highest BCUT2D eigenvalue weighted by Crippen LogP contribution is 2.45. The summed E-state index contributed by atoms with van der Waals surface area (Å²) in [7, 11) is 0. The molecule has 0 N–H and O–H groups in total. The summed E-state index contributed by atoms with van der Waals surface area (Å²) in [5.41, 5.74) is 3.82. The molecule has 0 amide bonds. The Labute approximate surface area is 291 Å². The third-order valence-corrected chi connectivity index (χ3v) is 8.62. The molecule has 9 aromatic rings.